The van der Waals surface area contributed by atoms with Gasteiger partial charge in [0.15, 0.2) is 6.10 Å². The average molecular weight is 489 g/mol. The van der Waals surface area contributed by atoms with Gasteiger partial charge in [-0.1, -0.05) is 48.5 Å². The van der Waals surface area contributed by atoms with E-state index in [0.717, 1.165) is 22.3 Å². The summed E-state index contributed by atoms with van der Waals surface area (Å²) in [7, 11) is 0. The van der Waals surface area contributed by atoms with Crippen molar-refractivity contribution in [3.05, 3.63) is 59.7 Å². The molecule has 2 aromatic rings. The number of amides is 1. The summed E-state index contributed by atoms with van der Waals surface area (Å²) in [6, 6.07) is 15.1. The first-order valence-corrected chi connectivity index (χ1v) is 10.1. The Morgan fingerprint density at radius 2 is 1.47 bits per heavy atom. The van der Waals surface area contributed by atoms with Crippen LogP contribution in [0.4, 0.5) is 31.1 Å². The van der Waals surface area contributed by atoms with Crippen LogP contribution in [0.2, 0.25) is 0 Å². The van der Waals surface area contributed by atoms with Crippen LogP contribution in [0.3, 0.4) is 0 Å². The standard InChI is InChI=1S/C22H17F6NO5/c23-21(24,25)20(22(26,27)28)33-17(18(30)34-20)9-10-29-19(31)32-11-16-14-7-3-1-5-12(14)13-6-2-4-8-15(13)16/h1-8,16-17H,9-11H2,(H,29,31)/t17-/m0/s1. The van der Waals surface area contributed by atoms with Crippen molar-refractivity contribution in [2.75, 3.05) is 13.2 Å². The molecule has 0 aromatic heterocycles. The molecule has 0 spiro atoms. The van der Waals surface area contributed by atoms with Crippen molar-refractivity contribution in [2.24, 2.45) is 0 Å². The zero-order valence-electron chi connectivity index (χ0n) is 17.2. The van der Waals surface area contributed by atoms with Crippen LogP contribution in [-0.4, -0.2) is 49.5 Å². The molecule has 1 aliphatic heterocycles. The molecule has 6 nitrogen and oxygen atoms in total. The minimum absolute atomic E-state index is 0.0485. The van der Waals surface area contributed by atoms with E-state index in [9.17, 15) is 35.9 Å². The Morgan fingerprint density at radius 3 is 1.97 bits per heavy atom. The second kappa shape index (κ2) is 8.49. The van der Waals surface area contributed by atoms with Gasteiger partial charge < -0.3 is 19.5 Å². The molecule has 34 heavy (non-hydrogen) atoms. The van der Waals surface area contributed by atoms with Gasteiger partial charge >= 0.3 is 30.2 Å². The fourth-order valence-corrected chi connectivity index (χ4v) is 4.02. The van der Waals surface area contributed by atoms with Gasteiger partial charge in [-0.05, 0) is 22.3 Å². The summed E-state index contributed by atoms with van der Waals surface area (Å²) in [4.78, 5) is 23.7. The van der Waals surface area contributed by atoms with Crippen LogP contribution in [-0.2, 0) is 19.0 Å². The molecule has 0 radical (unpaired) electrons. The first kappa shape index (κ1) is 23.9. The number of cyclic esters (lactones) is 1. The third-order valence-electron chi connectivity index (χ3n) is 5.58. The number of carbonyl (C=O) groups is 2. The highest BCUT2D eigenvalue weighted by molar-refractivity contribution is 5.79. The second-order valence-corrected chi connectivity index (χ2v) is 7.68. The van der Waals surface area contributed by atoms with E-state index in [1.807, 2.05) is 48.5 Å². The molecule has 2 aliphatic rings. The lowest BCUT2D eigenvalue weighted by Crippen LogP contribution is -2.58. The Kier molecular flexibility index (Phi) is 5.96. The number of nitrogens with one attached hydrogen (secondary N) is 1. The SMILES string of the molecule is O=C(NCC[C@@H]1OC(C(F)(F)F)(C(F)(F)F)OC1=O)OCC1c2ccccc2-c2ccccc21. The van der Waals surface area contributed by atoms with Gasteiger partial charge in [-0.3, -0.25) is 0 Å². The number of fused-ring (bicyclic) bond motifs is 3. The van der Waals surface area contributed by atoms with Gasteiger partial charge in [-0.2, -0.15) is 26.3 Å². The van der Waals surface area contributed by atoms with Crippen LogP contribution in [0.5, 0.6) is 0 Å². The first-order valence-electron chi connectivity index (χ1n) is 10.1. The molecule has 1 saturated heterocycles. The smallest absolute Gasteiger partial charge is 0.449 e. The predicted molar refractivity (Wildman–Crippen MR) is 103 cm³/mol. The highest BCUT2D eigenvalue weighted by atomic mass is 19.4. The largest absolute Gasteiger partial charge is 0.465 e. The molecule has 0 saturated carbocycles. The molecule has 1 atom stereocenters. The number of halogens is 6. The molecule has 12 heteroatoms. The summed E-state index contributed by atoms with van der Waals surface area (Å²) in [6.07, 6.45) is -15.9. The minimum atomic E-state index is -6.03. The highest BCUT2D eigenvalue weighted by Gasteiger charge is 2.80. The van der Waals surface area contributed by atoms with Gasteiger partial charge in [0.05, 0.1) is 0 Å². The predicted octanol–water partition coefficient (Wildman–Crippen LogP) is 4.68. The number of alkyl carbamates (subject to hydrolysis) is 1. The van der Waals surface area contributed by atoms with Crippen molar-refractivity contribution < 1.29 is 50.1 Å². The number of hydrogen-bond donors (Lipinski definition) is 1. The monoisotopic (exact) mass is 489 g/mol. The van der Waals surface area contributed by atoms with E-state index in [0.29, 0.717) is 0 Å². The van der Waals surface area contributed by atoms with Crippen molar-refractivity contribution >= 4 is 12.1 Å². The summed E-state index contributed by atoms with van der Waals surface area (Å²) in [5.41, 5.74) is 3.91. The summed E-state index contributed by atoms with van der Waals surface area (Å²) in [5, 5.41) is 2.20. The third-order valence-corrected chi connectivity index (χ3v) is 5.58. The average Bonchev–Trinajstić information content (AvgIpc) is 3.28. The van der Waals surface area contributed by atoms with Gasteiger partial charge in [-0.25, -0.2) is 9.59 Å². The van der Waals surface area contributed by atoms with E-state index < -0.39 is 49.3 Å². The molecule has 1 aliphatic carbocycles. The maximum atomic E-state index is 13.0. The fraction of sp³-hybridized carbons (Fsp3) is 0.364. The summed E-state index contributed by atoms with van der Waals surface area (Å²) in [6.45, 7) is -0.532. The Bertz CT molecular complexity index is 1040. The number of carbonyl (C=O) groups excluding carboxylic acids is 2. The maximum Gasteiger partial charge on any atom is 0.465 e. The Hall–Kier alpha value is -3.28. The number of esters is 1. The summed E-state index contributed by atoms with van der Waals surface area (Å²) >= 11 is 0. The van der Waals surface area contributed by atoms with Crippen LogP contribution >= 0.6 is 0 Å². The fourth-order valence-electron chi connectivity index (χ4n) is 4.02. The molecular formula is C22H17F6NO5. The van der Waals surface area contributed by atoms with Crippen molar-refractivity contribution in [1.29, 1.82) is 0 Å². The lowest BCUT2D eigenvalue weighted by Gasteiger charge is -2.30. The second-order valence-electron chi connectivity index (χ2n) is 7.68. The normalized spacial score (nSPS) is 19.4. The molecule has 1 heterocycles. The van der Waals surface area contributed by atoms with E-state index in [-0.39, 0.29) is 12.5 Å². The van der Waals surface area contributed by atoms with Gasteiger partial charge in [0.1, 0.15) is 6.61 Å². The highest BCUT2D eigenvalue weighted by Crippen LogP contribution is 2.50. The number of hydrogen-bond acceptors (Lipinski definition) is 5. The van der Waals surface area contributed by atoms with Crippen molar-refractivity contribution in [3.63, 3.8) is 0 Å². The van der Waals surface area contributed by atoms with Crippen molar-refractivity contribution in [1.82, 2.24) is 5.32 Å². The number of ether oxygens (including phenoxy) is 3. The van der Waals surface area contributed by atoms with E-state index >= 15 is 0 Å². The van der Waals surface area contributed by atoms with Gasteiger partial charge in [0.25, 0.3) is 0 Å². The molecule has 1 fully saturated rings. The molecule has 2 aromatic carbocycles. The van der Waals surface area contributed by atoms with Gasteiger partial charge in [-0.15, -0.1) is 0 Å². The zero-order valence-corrected chi connectivity index (χ0v) is 17.2. The first-order chi connectivity index (χ1) is 15.9. The Balaban J connectivity index is 1.32. The summed E-state index contributed by atoms with van der Waals surface area (Å²) in [5.74, 6) is -7.11. The lowest BCUT2D eigenvalue weighted by molar-refractivity contribution is -0.439. The van der Waals surface area contributed by atoms with Gasteiger partial charge in [0, 0.05) is 18.9 Å². The molecule has 0 unspecified atom stereocenters. The van der Waals surface area contributed by atoms with Crippen LogP contribution in [0, 0.1) is 0 Å². The van der Waals surface area contributed by atoms with Gasteiger partial charge in [0.2, 0.25) is 0 Å². The minimum Gasteiger partial charge on any atom is -0.449 e. The van der Waals surface area contributed by atoms with E-state index in [1.165, 1.54) is 0 Å². The zero-order chi connectivity index (χ0) is 24.7. The van der Waals surface area contributed by atoms with Crippen molar-refractivity contribution in [3.8, 4) is 11.1 Å². The molecule has 0 bridgehead atoms. The van der Waals surface area contributed by atoms with Crippen LogP contribution in [0.25, 0.3) is 11.1 Å². The Labute approximate surface area is 188 Å². The number of benzene rings is 2. The molecular weight excluding hydrogens is 472 g/mol. The van der Waals surface area contributed by atoms with Crippen LogP contribution in [0.1, 0.15) is 23.5 Å². The topological polar surface area (TPSA) is 73.9 Å². The quantitative estimate of drug-likeness (QED) is 0.488. The van der Waals surface area contributed by atoms with E-state index in [2.05, 4.69) is 14.8 Å². The van der Waals surface area contributed by atoms with Crippen molar-refractivity contribution in [2.45, 2.75) is 36.6 Å². The third kappa shape index (κ3) is 4.06. The Morgan fingerprint density at radius 1 is 0.941 bits per heavy atom. The molecule has 1 N–H and O–H groups in total. The molecule has 4 rings (SSSR count). The number of alkyl halides is 6. The molecule has 182 valence electrons. The maximum absolute atomic E-state index is 13.0. The summed E-state index contributed by atoms with van der Waals surface area (Å²) < 4.78 is 90.5. The lowest BCUT2D eigenvalue weighted by atomic mass is 9.98. The van der Waals surface area contributed by atoms with E-state index in [1.54, 1.807) is 0 Å². The van der Waals surface area contributed by atoms with Crippen LogP contribution in [0.15, 0.2) is 48.5 Å². The van der Waals surface area contributed by atoms with Crippen LogP contribution < -0.4 is 5.32 Å². The van der Waals surface area contributed by atoms with E-state index in [4.69, 9.17) is 4.74 Å². The number of rotatable bonds is 5. The molecule has 1 amide bonds.